The van der Waals surface area contributed by atoms with Crippen LogP contribution in [0.1, 0.15) is 121 Å². The van der Waals surface area contributed by atoms with Crippen LogP contribution in [0.5, 0.6) is 17.2 Å². The summed E-state index contributed by atoms with van der Waals surface area (Å²) in [5.74, 6) is -3.49. The van der Waals surface area contributed by atoms with Crippen molar-refractivity contribution in [1.82, 2.24) is 4.90 Å². The van der Waals surface area contributed by atoms with Crippen LogP contribution >= 0.6 is 0 Å². The molecular formula is C40H51NO15. The highest BCUT2D eigenvalue weighted by Crippen LogP contribution is 2.53. The van der Waals surface area contributed by atoms with E-state index in [9.17, 15) is 45.0 Å². The van der Waals surface area contributed by atoms with E-state index in [4.69, 9.17) is 28.4 Å². The number of aliphatic hydroxyl groups excluding tert-OH is 2. The lowest BCUT2D eigenvalue weighted by molar-refractivity contribution is -0.325. The minimum Gasteiger partial charge on any atom is -0.507 e. The molecule has 0 saturated carbocycles. The lowest BCUT2D eigenvalue weighted by Crippen LogP contribution is -2.58. The van der Waals surface area contributed by atoms with Gasteiger partial charge in [0.2, 0.25) is 5.78 Å². The Morgan fingerprint density at radius 1 is 0.821 bits per heavy atom. The van der Waals surface area contributed by atoms with Crippen molar-refractivity contribution in [3.05, 3.63) is 51.6 Å². The van der Waals surface area contributed by atoms with E-state index in [-0.39, 0.29) is 54.2 Å². The molecule has 0 spiro atoms. The second kappa shape index (κ2) is 15.3. The van der Waals surface area contributed by atoms with Gasteiger partial charge in [-0.05, 0) is 65.0 Å². The fourth-order valence-corrected chi connectivity index (χ4v) is 8.84. The molecule has 56 heavy (non-hydrogen) atoms. The van der Waals surface area contributed by atoms with E-state index < -0.39 is 119 Å². The third-order valence-electron chi connectivity index (χ3n) is 12.1. The number of rotatable bonds is 8. The Morgan fingerprint density at radius 3 is 2.04 bits per heavy atom. The number of phenolic OH excluding ortho intramolecular Hbond substituents is 3. The van der Waals surface area contributed by atoms with Crippen LogP contribution in [0.3, 0.4) is 0 Å². The fourth-order valence-electron chi connectivity index (χ4n) is 8.84. The van der Waals surface area contributed by atoms with Crippen LogP contribution in [-0.2, 0) is 33.2 Å². The SMILES string of the molecule is CC[C@@]1(O)C[C@H](O[C@H]2C[C@H](N(C)C)[C@H](O[C@H]3C[C@H](O)[C@H](O[C@H]4CCC(=O)[C@H](C)O4)[C@H](C)O3)[C@H](C)O2)c2c(cc3c(c2O)C(=O)c2c(O)ccc(O)c2C3=O)[C@H]1O. The average molecular weight is 786 g/mol. The number of ether oxygens (including phenoxy) is 6. The zero-order chi connectivity index (χ0) is 40.5. The van der Waals surface area contributed by atoms with Crippen molar-refractivity contribution in [2.45, 2.75) is 146 Å². The van der Waals surface area contributed by atoms with Crippen LogP contribution in [0.4, 0.5) is 0 Å². The van der Waals surface area contributed by atoms with Crippen molar-refractivity contribution < 1.29 is 73.4 Å². The average Bonchev–Trinajstić information content (AvgIpc) is 3.13. The smallest absolute Gasteiger partial charge is 0.202 e. The summed E-state index contributed by atoms with van der Waals surface area (Å²) < 4.78 is 37.3. The lowest BCUT2D eigenvalue weighted by atomic mass is 9.71. The minimum atomic E-state index is -1.76. The lowest BCUT2D eigenvalue weighted by Gasteiger charge is -2.48. The highest BCUT2D eigenvalue weighted by Gasteiger charge is 2.51. The molecular weight excluding hydrogens is 734 g/mol. The maximum Gasteiger partial charge on any atom is 0.202 e. The molecule has 2 aromatic rings. The molecule has 5 aliphatic rings. The van der Waals surface area contributed by atoms with Crippen LogP contribution in [0.25, 0.3) is 0 Å². The third kappa shape index (κ3) is 7.03. The zero-order valence-corrected chi connectivity index (χ0v) is 32.2. The van der Waals surface area contributed by atoms with E-state index in [2.05, 4.69) is 0 Å². The van der Waals surface area contributed by atoms with Crippen LogP contribution in [0, 0.1) is 0 Å². The highest BCUT2D eigenvalue weighted by atomic mass is 16.7. The Hall–Kier alpha value is -3.55. The van der Waals surface area contributed by atoms with Crippen LogP contribution in [-0.4, -0.2) is 134 Å². The largest absolute Gasteiger partial charge is 0.507 e. The highest BCUT2D eigenvalue weighted by molar-refractivity contribution is 6.31. The van der Waals surface area contributed by atoms with Gasteiger partial charge in [-0.15, -0.1) is 0 Å². The predicted octanol–water partition coefficient (Wildman–Crippen LogP) is 2.64. The van der Waals surface area contributed by atoms with Gasteiger partial charge in [-0.25, -0.2) is 0 Å². The number of aliphatic hydroxyl groups is 3. The van der Waals surface area contributed by atoms with Gasteiger partial charge >= 0.3 is 0 Å². The molecule has 0 radical (unpaired) electrons. The molecule has 16 heteroatoms. The van der Waals surface area contributed by atoms with Gasteiger partial charge in [-0.1, -0.05) is 6.92 Å². The van der Waals surface area contributed by atoms with E-state index in [1.165, 1.54) is 6.07 Å². The quantitative estimate of drug-likeness (QED) is 0.180. The second-order valence-corrected chi connectivity index (χ2v) is 15.9. The van der Waals surface area contributed by atoms with Crippen LogP contribution < -0.4 is 0 Å². The maximum absolute atomic E-state index is 13.8. The van der Waals surface area contributed by atoms with E-state index in [0.29, 0.717) is 12.8 Å². The first-order valence-corrected chi connectivity index (χ1v) is 19.2. The summed E-state index contributed by atoms with van der Waals surface area (Å²) in [4.78, 5) is 41.3. The molecule has 3 heterocycles. The van der Waals surface area contributed by atoms with Gasteiger partial charge in [0.05, 0.1) is 46.7 Å². The number of carbonyl (C=O) groups excluding carboxylic acids is 3. The maximum atomic E-state index is 13.8. The van der Waals surface area contributed by atoms with Crippen LogP contribution in [0.15, 0.2) is 18.2 Å². The summed E-state index contributed by atoms with van der Waals surface area (Å²) in [6, 6.07) is 3.05. The second-order valence-electron chi connectivity index (χ2n) is 15.9. The first-order chi connectivity index (χ1) is 26.4. The molecule has 3 fully saturated rings. The molecule has 0 bridgehead atoms. The molecule has 7 rings (SSSR count). The number of ketones is 3. The molecule has 16 nitrogen and oxygen atoms in total. The number of nitrogens with zero attached hydrogens (tertiary/aromatic N) is 1. The summed E-state index contributed by atoms with van der Waals surface area (Å²) in [6.07, 6.45) is -8.19. The van der Waals surface area contributed by atoms with Gasteiger partial charge < -0.3 is 64.0 Å². The molecule has 0 amide bonds. The van der Waals surface area contributed by atoms with Gasteiger partial charge in [0.1, 0.15) is 41.7 Å². The van der Waals surface area contributed by atoms with Crippen molar-refractivity contribution in [3.8, 4) is 17.2 Å². The van der Waals surface area contributed by atoms with Crippen molar-refractivity contribution in [2.75, 3.05) is 14.1 Å². The van der Waals surface area contributed by atoms with E-state index >= 15 is 0 Å². The molecule has 2 aromatic carbocycles. The summed E-state index contributed by atoms with van der Waals surface area (Å²) in [5, 5.41) is 67.1. The number of hydrogen-bond acceptors (Lipinski definition) is 16. The third-order valence-corrected chi connectivity index (χ3v) is 12.1. The number of carbonyl (C=O) groups is 3. The van der Waals surface area contributed by atoms with Crippen LogP contribution in [0.2, 0.25) is 0 Å². The number of phenols is 3. The van der Waals surface area contributed by atoms with E-state index in [1.807, 2.05) is 19.0 Å². The molecule has 6 N–H and O–H groups in total. The number of fused-ring (bicyclic) bond motifs is 3. The molecule has 306 valence electrons. The molecule has 3 saturated heterocycles. The van der Waals surface area contributed by atoms with Gasteiger partial charge in [0.25, 0.3) is 0 Å². The van der Waals surface area contributed by atoms with Gasteiger partial charge in [0, 0.05) is 49.3 Å². The van der Waals surface area contributed by atoms with Gasteiger partial charge in [-0.2, -0.15) is 0 Å². The monoisotopic (exact) mass is 785 g/mol. The van der Waals surface area contributed by atoms with Crippen molar-refractivity contribution in [1.29, 1.82) is 0 Å². The Morgan fingerprint density at radius 2 is 1.43 bits per heavy atom. The first-order valence-electron chi connectivity index (χ1n) is 19.2. The number of aromatic hydroxyl groups is 3. The number of Topliss-reactive ketones (excluding diaryl/α,β-unsaturated/α-hetero) is 1. The number of benzene rings is 2. The summed E-state index contributed by atoms with van der Waals surface area (Å²) >= 11 is 0. The Bertz CT molecular complexity index is 1870. The Kier molecular flexibility index (Phi) is 11.1. The normalized spacial score (nSPS) is 37.3. The van der Waals surface area contributed by atoms with Crippen molar-refractivity contribution in [3.63, 3.8) is 0 Å². The van der Waals surface area contributed by atoms with Crippen molar-refractivity contribution >= 4 is 17.3 Å². The van der Waals surface area contributed by atoms with Gasteiger partial charge in [-0.3, -0.25) is 14.4 Å². The first kappa shape index (κ1) is 40.6. The number of likely N-dealkylation sites (N-methyl/N-ethyl adjacent to an activating group) is 1. The molecule has 2 aliphatic carbocycles. The molecule has 0 aromatic heterocycles. The summed E-state index contributed by atoms with van der Waals surface area (Å²) in [5.41, 5.74) is -3.41. The van der Waals surface area contributed by atoms with E-state index in [1.54, 1.807) is 27.7 Å². The van der Waals surface area contributed by atoms with Gasteiger partial charge in [0.15, 0.2) is 30.4 Å². The molecule has 13 atom stereocenters. The summed E-state index contributed by atoms with van der Waals surface area (Å²) in [6.45, 7) is 6.91. The summed E-state index contributed by atoms with van der Waals surface area (Å²) in [7, 11) is 3.73. The van der Waals surface area contributed by atoms with Crippen molar-refractivity contribution in [2.24, 2.45) is 0 Å². The number of hydrogen-bond donors (Lipinski definition) is 6. The minimum absolute atomic E-state index is 0.00494. The molecule has 3 aliphatic heterocycles. The van der Waals surface area contributed by atoms with E-state index in [0.717, 1.165) is 12.1 Å². The fraction of sp³-hybridized carbons (Fsp3) is 0.625. The topological polar surface area (TPSA) is 231 Å². The predicted molar refractivity (Wildman–Crippen MR) is 193 cm³/mol. The zero-order valence-electron chi connectivity index (χ0n) is 32.2. The Labute approximate surface area is 323 Å². The standard InChI is InChI=1S/C40H51NO15/c1-7-40(50)15-26(30-20(39(40)49)12-19-31(35(30)47)36(48)33-24(44)9-8-23(43)32(33)34(19)46)54-28-13-21(41(5)6)37(17(3)52-28)56-29-14-25(45)38(18(4)53-29)55-27-11-10-22(42)16(2)51-27/h8-9,12,16-18,21,25-29,37-39,43-45,47,49-50H,7,10-11,13-15H2,1-6H3/t16-,17-,18-,21-,25-,26-,27-,28-,29-,37+,38+,39+,40+/m0/s1. The molecule has 0 unspecified atom stereocenters. The Balaban J connectivity index is 1.11.